The van der Waals surface area contributed by atoms with E-state index in [0.29, 0.717) is 28.5 Å². The molecule has 0 saturated heterocycles. The minimum atomic E-state index is -0.555. The summed E-state index contributed by atoms with van der Waals surface area (Å²) >= 11 is 5.87. The number of nitrogens with one attached hydrogen (secondary N) is 3. The minimum Gasteiger partial charge on any atom is -0.324 e. The fraction of sp³-hybridized carbons (Fsp3) is 0.0909. The van der Waals surface area contributed by atoms with Gasteiger partial charge < -0.3 is 10.6 Å². The normalized spacial score (nSPS) is 10.6. The molecular weight excluding hydrogens is 479 g/mol. The number of aromatic nitrogens is 5. The molecule has 2 amide bonds. The van der Waals surface area contributed by atoms with Gasteiger partial charge >= 0.3 is 0 Å². The predicted molar refractivity (Wildman–Crippen MR) is 126 cm³/mol. The molecular formula is C22H18ClFN8O3. The zero-order valence-corrected chi connectivity index (χ0v) is 19.2. The Labute approximate surface area is 203 Å². The van der Waals surface area contributed by atoms with Crippen LogP contribution >= 0.6 is 11.6 Å². The first-order valence-electron chi connectivity index (χ1n) is 10.1. The highest BCUT2D eigenvalue weighted by molar-refractivity contribution is 6.31. The summed E-state index contributed by atoms with van der Waals surface area (Å²) in [6.07, 6.45) is 6.04. The quantitative estimate of drug-likeness (QED) is 0.331. The maximum atomic E-state index is 13.5. The first-order chi connectivity index (χ1) is 16.8. The number of pyridine rings is 1. The van der Waals surface area contributed by atoms with E-state index in [-0.39, 0.29) is 22.4 Å². The number of carbonyl (C=O) groups is 2. The maximum absolute atomic E-state index is 13.5. The number of nitrogens with zero attached hydrogens (tertiary/aromatic N) is 5. The third-order valence-corrected chi connectivity index (χ3v) is 4.85. The second kappa shape index (κ2) is 10.2. The van der Waals surface area contributed by atoms with Gasteiger partial charge in [-0.05, 0) is 24.3 Å². The summed E-state index contributed by atoms with van der Waals surface area (Å²) in [5.41, 5.74) is 3.97. The summed E-state index contributed by atoms with van der Waals surface area (Å²) < 4.78 is 15.0. The second-order valence-electron chi connectivity index (χ2n) is 7.11. The number of hydroxylamine groups is 1. The highest BCUT2D eigenvalue weighted by atomic mass is 35.5. The van der Waals surface area contributed by atoms with E-state index < -0.39 is 11.7 Å². The van der Waals surface area contributed by atoms with Gasteiger partial charge in [0, 0.05) is 54.6 Å². The molecule has 178 valence electrons. The highest BCUT2D eigenvalue weighted by Crippen LogP contribution is 2.28. The van der Waals surface area contributed by atoms with Crippen LogP contribution in [0.5, 0.6) is 0 Å². The van der Waals surface area contributed by atoms with Crippen molar-refractivity contribution in [1.82, 2.24) is 30.2 Å². The van der Waals surface area contributed by atoms with E-state index in [9.17, 15) is 14.0 Å². The summed E-state index contributed by atoms with van der Waals surface area (Å²) in [4.78, 5) is 41.3. The lowest BCUT2D eigenvalue weighted by atomic mass is 10.1. The molecule has 0 saturated carbocycles. The van der Waals surface area contributed by atoms with Crippen molar-refractivity contribution in [2.75, 3.05) is 17.7 Å². The molecule has 0 aliphatic carbocycles. The molecule has 0 fully saturated rings. The van der Waals surface area contributed by atoms with E-state index in [1.54, 1.807) is 18.3 Å². The molecule has 0 spiro atoms. The van der Waals surface area contributed by atoms with Crippen molar-refractivity contribution >= 4 is 40.9 Å². The van der Waals surface area contributed by atoms with Crippen molar-refractivity contribution < 1.29 is 18.8 Å². The molecule has 4 aromatic rings. The van der Waals surface area contributed by atoms with Crippen LogP contribution in [0.3, 0.4) is 0 Å². The van der Waals surface area contributed by atoms with Gasteiger partial charge in [-0.15, -0.1) is 5.10 Å². The standard InChI is InChI=1S/C22H18ClFN8O3/c1-12(33)27-19-5-6-32(30-19)20-16(13-7-14(10-25-9-13)21(34)31-35-2)11-26-22(29-20)28-15-3-4-18(24)17(23)8-15/h3-11H,1-2H3,(H,31,34)(H,26,28,29)(H,27,30,33). The van der Waals surface area contributed by atoms with Gasteiger partial charge in [0.2, 0.25) is 11.9 Å². The fourth-order valence-corrected chi connectivity index (χ4v) is 3.25. The molecule has 4 rings (SSSR count). The number of hydrogen-bond donors (Lipinski definition) is 3. The predicted octanol–water partition coefficient (Wildman–Crippen LogP) is 3.51. The largest absolute Gasteiger partial charge is 0.324 e. The van der Waals surface area contributed by atoms with Crippen LogP contribution in [0.25, 0.3) is 16.9 Å². The first-order valence-corrected chi connectivity index (χ1v) is 10.4. The van der Waals surface area contributed by atoms with Crippen molar-refractivity contribution in [3.63, 3.8) is 0 Å². The van der Waals surface area contributed by atoms with Crippen LogP contribution < -0.4 is 16.1 Å². The molecule has 13 heteroatoms. The van der Waals surface area contributed by atoms with Gasteiger partial charge in [-0.2, -0.15) is 4.98 Å². The topological polar surface area (TPSA) is 136 Å². The van der Waals surface area contributed by atoms with Crippen molar-refractivity contribution in [1.29, 1.82) is 0 Å². The number of rotatable bonds is 7. The van der Waals surface area contributed by atoms with Gasteiger partial charge in [0.05, 0.1) is 17.7 Å². The number of carbonyl (C=O) groups excluding carboxylic acids is 2. The van der Waals surface area contributed by atoms with Gasteiger partial charge in [0.25, 0.3) is 5.91 Å². The third kappa shape index (κ3) is 5.57. The summed E-state index contributed by atoms with van der Waals surface area (Å²) in [6, 6.07) is 7.30. The van der Waals surface area contributed by atoms with Gasteiger partial charge in [-0.25, -0.2) is 19.5 Å². The molecule has 0 unspecified atom stereocenters. The Morgan fingerprint density at radius 1 is 1.14 bits per heavy atom. The van der Waals surface area contributed by atoms with Crippen LogP contribution in [0.4, 0.5) is 21.8 Å². The van der Waals surface area contributed by atoms with Crippen LogP contribution in [0.1, 0.15) is 17.3 Å². The number of benzene rings is 1. The molecule has 0 radical (unpaired) electrons. The monoisotopic (exact) mass is 496 g/mol. The van der Waals surface area contributed by atoms with Gasteiger partial charge in [-0.1, -0.05) is 11.6 Å². The fourth-order valence-electron chi connectivity index (χ4n) is 3.07. The zero-order chi connectivity index (χ0) is 24.9. The molecule has 11 nitrogen and oxygen atoms in total. The number of hydrogen-bond acceptors (Lipinski definition) is 8. The molecule has 35 heavy (non-hydrogen) atoms. The summed E-state index contributed by atoms with van der Waals surface area (Å²) in [6.45, 7) is 1.37. The maximum Gasteiger partial charge on any atom is 0.276 e. The van der Waals surface area contributed by atoms with E-state index in [4.69, 9.17) is 11.6 Å². The summed E-state index contributed by atoms with van der Waals surface area (Å²) in [7, 11) is 1.32. The molecule has 0 atom stereocenters. The Kier molecular flexibility index (Phi) is 6.94. The number of amides is 2. The van der Waals surface area contributed by atoms with Gasteiger partial charge in [-0.3, -0.25) is 19.4 Å². The molecule has 3 aromatic heterocycles. The van der Waals surface area contributed by atoms with Crippen molar-refractivity contribution in [2.24, 2.45) is 0 Å². The van der Waals surface area contributed by atoms with Crippen LogP contribution in [0.15, 0.2) is 55.1 Å². The Hall–Kier alpha value is -4.42. The lowest BCUT2D eigenvalue weighted by Gasteiger charge is -2.12. The minimum absolute atomic E-state index is 0.0592. The second-order valence-corrected chi connectivity index (χ2v) is 7.52. The average Bonchev–Trinajstić information content (AvgIpc) is 3.29. The lowest BCUT2D eigenvalue weighted by Crippen LogP contribution is -2.21. The summed E-state index contributed by atoms with van der Waals surface area (Å²) in [5.74, 6) is -0.519. The molecule has 0 bridgehead atoms. The highest BCUT2D eigenvalue weighted by Gasteiger charge is 2.16. The van der Waals surface area contributed by atoms with E-state index >= 15 is 0 Å². The molecule has 1 aromatic carbocycles. The Morgan fingerprint density at radius 2 is 1.97 bits per heavy atom. The molecule has 3 heterocycles. The SMILES string of the molecule is CONC(=O)c1cncc(-c2cnc(Nc3ccc(F)c(Cl)c3)nc2-n2ccc(NC(C)=O)n2)c1. The van der Waals surface area contributed by atoms with Crippen molar-refractivity contribution in [3.05, 3.63) is 71.5 Å². The number of anilines is 3. The number of halogens is 2. The third-order valence-electron chi connectivity index (χ3n) is 4.56. The van der Waals surface area contributed by atoms with Crippen molar-refractivity contribution in [2.45, 2.75) is 6.92 Å². The first kappa shape index (κ1) is 23.7. The molecule has 3 N–H and O–H groups in total. The molecule has 0 aliphatic heterocycles. The smallest absolute Gasteiger partial charge is 0.276 e. The van der Waals surface area contributed by atoms with E-state index in [2.05, 4.69) is 41.0 Å². The van der Waals surface area contributed by atoms with Crippen LogP contribution in [0, 0.1) is 5.82 Å². The van der Waals surface area contributed by atoms with E-state index in [0.717, 1.165) is 0 Å². The van der Waals surface area contributed by atoms with Crippen molar-refractivity contribution in [3.8, 4) is 16.9 Å². The van der Waals surface area contributed by atoms with Gasteiger partial charge in [0.1, 0.15) is 5.82 Å². The Bertz CT molecular complexity index is 1410. The van der Waals surface area contributed by atoms with Gasteiger partial charge in [0.15, 0.2) is 11.6 Å². The van der Waals surface area contributed by atoms with Crippen LogP contribution in [0.2, 0.25) is 5.02 Å². The average molecular weight is 497 g/mol. The molecule has 0 aliphatic rings. The Balaban J connectivity index is 1.78. The van der Waals surface area contributed by atoms with Crippen LogP contribution in [-0.4, -0.2) is 43.7 Å². The summed E-state index contributed by atoms with van der Waals surface area (Å²) in [5, 5.41) is 9.85. The lowest BCUT2D eigenvalue weighted by molar-refractivity contribution is -0.114. The van der Waals surface area contributed by atoms with E-state index in [1.807, 2.05) is 0 Å². The Morgan fingerprint density at radius 3 is 2.71 bits per heavy atom. The zero-order valence-electron chi connectivity index (χ0n) is 18.4. The van der Waals surface area contributed by atoms with Crippen LogP contribution in [-0.2, 0) is 9.63 Å². The van der Waals surface area contributed by atoms with E-state index in [1.165, 1.54) is 55.5 Å².